The van der Waals surface area contributed by atoms with E-state index in [4.69, 9.17) is 5.26 Å². The van der Waals surface area contributed by atoms with Crippen molar-refractivity contribution < 1.29 is 4.39 Å². The molecular formula is C15H7BrFN. The smallest absolute Gasteiger partial charge is 0.142 e. The van der Waals surface area contributed by atoms with Gasteiger partial charge in [0.1, 0.15) is 11.9 Å². The Morgan fingerprint density at radius 2 is 1.56 bits per heavy atom. The summed E-state index contributed by atoms with van der Waals surface area (Å²) in [4.78, 5) is 0. The van der Waals surface area contributed by atoms with Crippen molar-refractivity contribution >= 4 is 15.9 Å². The quantitative estimate of drug-likeness (QED) is 0.678. The summed E-state index contributed by atoms with van der Waals surface area (Å²) in [6, 6.07) is 13.6. The van der Waals surface area contributed by atoms with Crippen molar-refractivity contribution in [2.24, 2.45) is 0 Å². The number of benzene rings is 2. The predicted molar refractivity (Wildman–Crippen MR) is 71.2 cm³/mol. The highest BCUT2D eigenvalue weighted by Crippen LogP contribution is 2.11. The van der Waals surface area contributed by atoms with Crippen molar-refractivity contribution in [3.8, 4) is 17.9 Å². The highest BCUT2D eigenvalue weighted by atomic mass is 79.9. The number of hydrogen-bond donors (Lipinski definition) is 0. The van der Waals surface area contributed by atoms with Crippen molar-refractivity contribution in [2.45, 2.75) is 0 Å². The van der Waals surface area contributed by atoms with E-state index in [0.29, 0.717) is 5.56 Å². The van der Waals surface area contributed by atoms with E-state index >= 15 is 0 Å². The lowest BCUT2D eigenvalue weighted by Gasteiger charge is -1.94. The number of halogens is 2. The van der Waals surface area contributed by atoms with Crippen LogP contribution in [-0.2, 0) is 0 Å². The van der Waals surface area contributed by atoms with Gasteiger partial charge in [0.2, 0.25) is 0 Å². The van der Waals surface area contributed by atoms with Crippen LogP contribution in [0.4, 0.5) is 4.39 Å². The molecule has 0 fully saturated rings. The molecule has 0 saturated heterocycles. The number of nitrogens with zero attached hydrogens (tertiary/aromatic N) is 1. The van der Waals surface area contributed by atoms with Crippen LogP contribution in [0, 0.1) is 29.0 Å². The van der Waals surface area contributed by atoms with Gasteiger partial charge >= 0.3 is 0 Å². The molecule has 0 aliphatic carbocycles. The summed E-state index contributed by atoms with van der Waals surface area (Å²) in [5, 5.41) is 8.61. The van der Waals surface area contributed by atoms with Crippen LogP contribution in [-0.4, -0.2) is 0 Å². The molecule has 1 nitrogen and oxygen atoms in total. The molecule has 0 spiro atoms. The van der Waals surface area contributed by atoms with Gasteiger partial charge in [-0.3, -0.25) is 0 Å². The average Bonchev–Trinajstić information content (AvgIpc) is 2.38. The van der Waals surface area contributed by atoms with E-state index in [9.17, 15) is 4.39 Å². The molecule has 0 atom stereocenters. The van der Waals surface area contributed by atoms with Crippen molar-refractivity contribution in [2.75, 3.05) is 0 Å². The summed E-state index contributed by atoms with van der Waals surface area (Å²) < 4.78 is 14.3. The minimum atomic E-state index is -0.542. The first kappa shape index (κ1) is 12.4. The van der Waals surface area contributed by atoms with Crippen LogP contribution in [0.1, 0.15) is 16.7 Å². The molecular weight excluding hydrogens is 293 g/mol. The van der Waals surface area contributed by atoms with E-state index in [1.54, 1.807) is 12.1 Å². The lowest BCUT2D eigenvalue weighted by molar-refractivity contribution is 0.623. The molecule has 0 N–H and O–H groups in total. The molecule has 2 rings (SSSR count). The van der Waals surface area contributed by atoms with Crippen LogP contribution in [0.15, 0.2) is 46.9 Å². The Balaban J connectivity index is 2.28. The Hall–Kier alpha value is -2.10. The third kappa shape index (κ3) is 2.97. The number of rotatable bonds is 0. The van der Waals surface area contributed by atoms with Gasteiger partial charge in [-0.25, -0.2) is 4.39 Å². The van der Waals surface area contributed by atoms with E-state index in [2.05, 4.69) is 27.8 Å². The van der Waals surface area contributed by atoms with Crippen LogP contribution < -0.4 is 0 Å². The van der Waals surface area contributed by atoms with Crippen molar-refractivity contribution in [3.63, 3.8) is 0 Å². The van der Waals surface area contributed by atoms with Crippen molar-refractivity contribution in [3.05, 3.63) is 69.4 Å². The summed E-state index contributed by atoms with van der Waals surface area (Å²) in [6.45, 7) is 0. The third-order valence-corrected chi connectivity index (χ3v) is 2.81. The second-order valence-electron chi connectivity index (χ2n) is 3.56. The number of hydrogen-bond acceptors (Lipinski definition) is 1. The van der Waals surface area contributed by atoms with Crippen LogP contribution >= 0.6 is 15.9 Å². The number of nitriles is 1. The molecule has 0 aliphatic rings. The zero-order chi connectivity index (χ0) is 13.0. The van der Waals surface area contributed by atoms with Gasteiger partial charge < -0.3 is 0 Å². The maximum absolute atomic E-state index is 13.3. The maximum Gasteiger partial charge on any atom is 0.142 e. The zero-order valence-electron chi connectivity index (χ0n) is 9.24. The molecule has 0 heterocycles. The predicted octanol–water partition coefficient (Wildman–Crippen LogP) is 3.86. The molecule has 0 radical (unpaired) electrons. The van der Waals surface area contributed by atoms with Crippen LogP contribution in [0.5, 0.6) is 0 Å². The Morgan fingerprint density at radius 1 is 0.944 bits per heavy atom. The first-order chi connectivity index (χ1) is 8.69. The fourth-order valence-electron chi connectivity index (χ4n) is 1.36. The Bertz CT molecular complexity index is 672. The normalized spacial score (nSPS) is 9.17. The Kier molecular flexibility index (Phi) is 3.77. The van der Waals surface area contributed by atoms with Gasteiger partial charge in [-0.1, -0.05) is 27.8 Å². The third-order valence-electron chi connectivity index (χ3n) is 2.28. The molecule has 0 aliphatic heterocycles. The van der Waals surface area contributed by atoms with Crippen molar-refractivity contribution in [1.82, 2.24) is 0 Å². The molecule has 86 valence electrons. The molecule has 0 bridgehead atoms. The monoisotopic (exact) mass is 299 g/mol. The molecule has 18 heavy (non-hydrogen) atoms. The molecule has 0 amide bonds. The lowest BCUT2D eigenvalue weighted by Crippen LogP contribution is -1.85. The highest BCUT2D eigenvalue weighted by Gasteiger charge is 2.00. The minimum Gasteiger partial charge on any atom is -0.206 e. The topological polar surface area (TPSA) is 23.8 Å². The maximum atomic E-state index is 13.3. The van der Waals surface area contributed by atoms with E-state index < -0.39 is 5.82 Å². The Morgan fingerprint density at radius 3 is 2.17 bits per heavy atom. The molecule has 2 aromatic rings. The highest BCUT2D eigenvalue weighted by molar-refractivity contribution is 9.10. The van der Waals surface area contributed by atoms with Crippen LogP contribution in [0.25, 0.3) is 0 Å². The fraction of sp³-hybridized carbons (Fsp3) is 0. The Labute approximate surface area is 113 Å². The molecule has 0 unspecified atom stereocenters. The van der Waals surface area contributed by atoms with Crippen molar-refractivity contribution in [1.29, 1.82) is 5.26 Å². The standard InChI is InChI=1S/C15H7BrFN/c16-14-7-4-11(5-8-14)1-2-12-3-6-13(10-18)15(17)9-12/h3-9H. The van der Waals surface area contributed by atoms with Gasteiger partial charge in [0.25, 0.3) is 0 Å². The van der Waals surface area contributed by atoms with Crippen LogP contribution in [0.3, 0.4) is 0 Å². The van der Waals surface area contributed by atoms with Gasteiger partial charge in [-0.15, -0.1) is 0 Å². The first-order valence-electron chi connectivity index (χ1n) is 5.16. The SMILES string of the molecule is N#Cc1ccc(C#Cc2ccc(Br)cc2)cc1F. The van der Waals surface area contributed by atoms with Gasteiger partial charge in [0, 0.05) is 15.6 Å². The summed E-state index contributed by atoms with van der Waals surface area (Å²) in [6.07, 6.45) is 0. The molecule has 3 heteroatoms. The van der Waals surface area contributed by atoms with Gasteiger partial charge in [0.15, 0.2) is 0 Å². The summed E-state index contributed by atoms with van der Waals surface area (Å²) in [5.74, 6) is 5.25. The van der Waals surface area contributed by atoms with E-state index in [-0.39, 0.29) is 5.56 Å². The second kappa shape index (κ2) is 5.49. The zero-order valence-corrected chi connectivity index (χ0v) is 10.8. The molecule has 0 saturated carbocycles. The van der Waals surface area contributed by atoms with Crippen LogP contribution in [0.2, 0.25) is 0 Å². The summed E-state index contributed by atoms with van der Waals surface area (Å²) in [7, 11) is 0. The molecule has 0 aromatic heterocycles. The van der Waals surface area contributed by atoms with E-state index in [1.807, 2.05) is 24.3 Å². The van der Waals surface area contributed by atoms with E-state index in [0.717, 1.165) is 10.0 Å². The summed E-state index contributed by atoms with van der Waals surface area (Å²) in [5.41, 5.74) is 1.43. The first-order valence-corrected chi connectivity index (χ1v) is 5.95. The van der Waals surface area contributed by atoms with Gasteiger partial charge in [-0.05, 0) is 42.5 Å². The van der Waals surface area contributed by atoms with Gasteiger partial charge in [-0.2, -0.15) is 5.26 Å². The second-order valence-corrected chi connectivity index (χ2v) is 4.48. The largest absolute Gasteiger partial charge is 0.206 e. The minimum absolute atomic E-state index is 0.0317. The van der Waals surface area contributed by atoms with Gasteiger partial charge in [0.05, 0.1) is 5.56 Å². The van der Waals surface area contributed by atoms with E-state index in [1.165, 1.54) is 12.1 Å². The molecule has 2 aromatic carbocycles. The average molecular weight is 300 g/mol. The summed E-state index contributed by atoms with van der Waals surface area (Å²) >= 11 is 3.34. The lowest BCUT2D eigenvalue weighted by atomic mass is 10.1. The fourth-order valence-corrected chi connectivity index (χ4v) is 1.63.